The predicted octanol–water partition coefficient (Wildman–Crippen LogP) is 3.54. The number of carboxylic acids is 1. The minimum atomic E-state index is -1.19. The molecule has 4 heterocycles. The molecule has 5 aromatic rings. The van der Waals surface area contributed by atoms with Crippen LogP contribution in [0.2, 0.25) is 0 Å². The number of fused-ring (bicyclic) bond motifs is 2. The molecule has 0 saturated heterocycles. The summed E-state index contributed by atoms with van der Waals surface area (Å²) in [5, 5.41) is 17.2. The molecule has 39 heavy (non-hydrogen) atoms. The number of aromatic nitrogens is 5. The number of hydrogen-bond donors (Lipinski definition) is 3. The summed E-state index contributed by atoms with van der Waals surface area (Å²) in [6, 6.07) is 16.8. The van der Waals surface area contributed by atoms with Gasteiger partial charge in [0.15, 0.2) is 11.5 Å². The smallest absolute Gasteiger partial charge is 0.307 e. The molecule has 11 heteroatoms. The van der Waals surface area contributed by atoms with Crippen molar-refractivity contribution in [1.29, 1.82) is 0 Å². The van der Waals surface area contributed by atoms with Crippen LogP contribution in [0, 0.1) is 5.82 Å². The van der Waals surface area contributed by atoms with Crippen molar-refractivity contribution >= 4 is 34.5 Å². The number of hydrogen-bond acceptors (Lipinski definition) is 7. The fourth-order valence-electron chi connectivity index (χ4n) is 4.99. The first-order valence-corrected chi connectivity index (χ1v) is 12.1. The van der Waals surface area contributed by atoms with E-state index < -0.39 is 11.4 Å². The van der Waals surface area contributed by atoms with Crippen LogP contribution < -0.4 is 11.1 Å². The third-order valence-electron chi connectivity index (χ3n) is 7.01. The highest BCUT2D eigenvalue weighted by molar-refractivity contribution is 6.09. The van der Waals surface area contributed by atoms with E-state index in [9.17, 15) is 14.0 Å². The maximum atomic E-state index is 14.4. The molecule has 1 atom stereocenters. The molecule has 0 spiro atoms. The number of anilines is 2. The summed E-state index contributed by atoms with van der Waals surface area (Å²) in [6.07, 6.45) is 1.50. The number of nitrogens with two attached hydrogens (primary N) is 1. The van der Waals surface area contributed by atoms with Gasteiger partial charge in [-0.3, -0.25) is 9.59 Å². The molecule has 4 N–H and O–H groups in total. The van der Waals surface area contributed by atoms with Gasteiger partial charge in [0, 0.05) is 11.8 Å². The number of halogens is 1. The number of carboxylic acid groups (broad SMARTS) is 1. The second-order valence-corrected chi connectivity index (χ2v) is 9.47. The number of rotatable bonds is 6. The third kappa shape index (κ3) is 3.95. The lowest BCUT2D eigenvalue weighted by Gasteiger charge is -2.23. The normalized spacial score (nSPS) is 16.3. The van der Waals surface area contributed by atoms with E-state index in [4.69, 9.17) is 10.8 Å². The molecule has 0 radical (unpaired) electrons. The van der Waals surface area contributed by atoms with Gasteiger partial charge in [0.2, 0.25) is 5.91 Å². The van der Waals surface area contributed by atoms with E-state index in [-0.39, 0.29) is 42.2 Å². The van der Waals surface area contributed by atoms with Crippen LogP contribution in [-0.2, 0) is 28.0 Å². The summed E-state index contributed by atoms with van der Waals surface area (Å²) >= 11 is 0. The minimum Gasteiger partial charge on any atom is -0.481 e. The molecule has 0 fully saturated rings. The third-order valence-corrected chi connectivity index (χ3v) is 7.01. The lowest BCUT2D eigenvalue weighted by molar-refractivity contribution is -0.136. The summed E-state index contributed by atoms with van der Waals surface area (Å²) in [5.41, 5.74) is 8.29. The van der Waals surface area contributed by atoms with E-state index in [0.29, 0.717) is 39.0 Å². The van der Waals surface area contributed by atoms with Gasteiger partial charge >= 0.3 is 5.97 Å². The Labute approximate surface area is 221 Å². The van der Waals surface area contributed by atoms with Gasteiger partial charge in [-0.1, -0.05) is 42.5 Å². The topological polar surface area (TPSA) is 149 Å². The lowest BCUT2D eigenvalue weighted by Crippen LogP contribution is -2.33. The standard InChI is InChI=1S/C28H22FN7O3/c1-28(17-10-8-15(9-11-17)13-20(37)38)21-23(30)32-25(33-24(21)34-27(28)39)22-18-6-4-12-31-26(18)36(35-22)14-16-5-2-3-7-19(16)29/h2-12H,13-14H2,1H3,(H,37,38)(H3,30,32,33,34,39). The molecule has 0 aliphatic carbocycles. The summed E-state index contributed by atoms with van der Waals surface area (Å²) < 4.78 is 15.9. The van der Waals surface area contributed by atoms with E-state index in [1.807, 2.05) is 6.07 Å². The van der Waals surface area contributed by atoms with Crippen molar-refractivity contribution in [2.24, 2.45) is 0 Å². The van der Waals surface area contributed by atoms with Crippen molar-refractivity contribution in [3.05, 3.63) is 94.9 Å². The number of aliphatic carboxylic acids is 1. The first-order chi connectivity index (χ1) is 18.8. The molecule has 10 nitrogen and oxygen atoms in total. The van der Waals surface area contributed by atoms with Crippen molar-refractivity contribution in [1.82, 2.24) is 24.7 Å². The zero-order chi connectivity index (χ0) is 27.3. The number of nitrogen functional groups attached to an aromatic ring is 1. The van der Waals surface area contributed by atoms with Crippen molar-refractivity contribution in [3.8, 4) is 11.5 Å². The molecule has 1 aliphatic rings. The van der Waals surface area contributed by atoms with Crippen molar-refractivity contribution < 1.29 is 19.1 Å². The molecule has 194 valence electrons. The Bertz CT molecular complexity index is 1780. The molecule has 0 saturated carbocycles. The molecule has 0 bridgehead atoms. The lowest BCUT2D eigenvalue weighted by atomic mass is 9.77. The largest absolute Gasteiger partial charge is 0.481 e. The fourth-order valence-corrected chi connectivity index (χ4v) is 4.99. The Kier molecular flexibility index (Phi) is 5.56. The van der Waals surface area contributed by atoms with Crippen molar-refractivity contribution in [3.63, 3.8) is 0 Å². The molecular weight excluding hydrogens is 501 g/mol. The SMILES string of the molecule is CC1(c2ccc(CC(=O)O)cc2)C(=O)Nc2nc(-c3nn(Cc4ccccc4F)c4ncccc34)nc(N)c21. The Morgan fingerprint density at radius 1 is 1.10 bits per heavy atom. The summed E-state index contributed by atoms with van der Waals surface area (Å²) in [5.74, 6) is -1.07. The van der Waals surface area contributed by atoms with Crippen molar-refractivity contribution in [2.45, 2.75) is 25.3 Å². The zero-order valence-corrected chi connectivity index (χ0v) is 20.7. The average Bonchev–Trinajstić information content (AvgIpc) is 3.40. The van der Waals surface area contributed by atoms with Crippen LogP contribution in [0.5, 0.6) is 0 Å². The monoisotopic (exact) mass is 523 g/mol. The molecule has 6 rings (SSSR count). The van der Waals surface area contributed by atoms with Crippen LogP contribution in [0.25, 0.3) is 22.6 Å². The molecule has 1 unspecified atom stereocenters. The number of nitrogens with one attached hydrogen (secondary N) is 1. The van der Waals surface area contributed by atoms with Gasteiger partial charge in [-0.15, -0.1) is 0 Å². The van der Waals surface area contributed by atoms with Crippen LogP contribution >= 0.6 is 0 Å². The van der Waals surface area contributed by atoms with Gasteiger partial charge in [-0.2, -0.15) is 5.10 Å². The maximum Gasteiger partial charge on any atom is 0.307 e. The Hall–Kier alpha value is -5.19. The van der Waals surface area contributed by atoms with Crippen molar-refractivity contribution in [2.75, 3.05) is 11.1 Å². The van der Waals surface area contributed by atoms with Gasteiger partial charge in [-0.25, -0.2) is 24.0 Å². The van der Waals surface area contributed by atoms with Gasteiger partial charge < -0.3 is 16.2 Å². The van der Waals surface area contributed by atoms with E-state index >= 15 is 0 Å². The van der Waals surface area contributed by atoms with Crippen LogP contribution in [0.15, 0.2) is 66.9 Å². The fraction of sp³-hybridized carbons (Fsp3) is 0.143. The van der Waals surface area contributed by atoms with Crippen LogP contribution in [0.3, 0.4) is 0 Å². The molecule has 3 aromatic heterocycles. The number of carbonyl (C=O) groups excluding carboxylic acids is 1. The van der Waals surface area contributed by atoms with Crippen LogP contribution in [-0.4, -0.2) is 41.7 Å². The number of nitrogens with zero attached hydrogens (tertiary/aromatic N) is 5. The highest BCUT2D eigenvalue weighted by Gasteiger charge is 2.47. The minimum absolute atomic E-state index is 0.103. The van der Waals surface area contributed by atoms with Gasteiger partial charge in [0.25, 0.3) is 0 Å². The first kappa shape index (κ1) is 24.2. The van der Waals surface area contributed by atoms with E-state index in [0.717, 1.165) is 0 Å². The van der Waals surface area contributed by atoms with Crippen LogP contribution in [0.4, 0.5) is 16.0 Å². The number of pyridine rings is 1. The predicted molar refractivity (Wildman–Crippen MR) is 141 cm³/mol. The van der Waals surface area contributed by atoms with Crippen LogP contribution in [0.1, 0.15) is 29.2 Å². The second kappa shape index (κ2) is 8.98. The van der Waals surface area contributed by atoms with Gasteiger partial charge in [-0.05, 0) is 36.2 Å². The average molecular weight is 524 g/mol. The number of amides is 1. The van der Waals surface area contributed by atoms with E-state index in [1.54, 1.807) is 66.3 Å². The Morgan fingerprint density at radius 2 is 1.87 bits per heavy atom. The molecule has 1 amide bonds. The van der Waals surface area contributed by atoms with Gasteiger partial charge in [0.05, 0.1) is 23.9 Å². The highest BCUT2D eigenvalue weighted by Crippen LogP contribution is 2.45. The number of carbonyl (C=O) groups is 2. The molecule has 2 aromatic carbocycles. The maximum absolute atomic E-state index is 14.4. The first-order valence-electron chi connectivity index (χ1n) is 12.1. The zero-order valence-electron chi connectivity index (χ0n) is 20.7. The molecule has 1 aliphatic heterocycles. The Balaban J connectivity index is 1.43. The quantitative estimate of drug-likeness (QED) is 0.306. The van der Waals surface area contributed by atoms with E-state index in [2.05, 4.69) is 25.4 Å². The summed E-state index contributed by atoms with van der Waals surface area (Å²) in [4.78, 5) is 37.9. The van der Waals surface area contributed by atoms with E-state index in [1.165, 1.54) is 6.07 Å². The van der Waals surface area contributed by atoms with Gasteiger partial charge in [0.1, 0.15) is 28.6 Å². The highest BCUT2D eigenvalue weighted by atomic mass is 19.1. The second-order valence-electron chi connectivity index (χ2n) is 9.47. The Morgan fingerprint density at radius 3 is 2.62 bits per heavy atom. The number of benzene rings is 2. The molecular formula is C28H22FN7O3. The summed E-state index contributed by atoms with van der Waals surface area (Å²) in [7, 11) is 0. The summed E-state index contributed by atoms with van der Waals surface area (Å²) in [6.45, 7) is 1.87.